The first-order valence-electron chi connectivity index (χ1n) is 4.68. The lowest BCUT2D eigenvalue weighted by molar-refractivity contribution is -0.110. The van der Waals surface area contributed by atoms with Gasteiger partial charge in [0.25, 0.3) is 0 Å². The smallest absolute Gasteiger partial charge is 0.127 e. The highest BCUT2D eigenvalue weighted by Crippen LogP contribution is 2.16. The molecule has 0 rings (SSSR count). The lowest BCUT2D eigenvalue weighted by atomic mass is 9.95. The molecule has 0 spiro atoms. The summed E-state index contributed by atoms with van der Waals surface area (Å²) >= 11 is 0. The molecule has 0 aromatic carbocycles. The first-order valence-corrected chi connectivity index (χ1v) is 4.68. The Morgan fingerprint density at radius 2 is 2.00 bits per heavy atom. The van der Waals surface area contributed by atoms with Gasteiger partial charge in [-0.15, -0.1) is 0 Å². The van der Waals surface area contributed by atoms with E-state index in [1.165, 1.54) is 6.42 Å². The fraction of sp³-hybridized carbons (Fsp3) is 0.727. The summed E-state index contributed by atoms with van der Waals surface area (Å²) in [7, 11) is 0. The van der Waals surface area contributed by atoms with Gasteiger partial charge in [0, 0.05) is 5.92 Å². The summed E-state index contributed by atoms with van der Waals surface area (Å²) < 4.78 is 0. The minimum Gasteiger partial charge on any atom is -0.303 e. The van der Waals surface area contributed by atoms with E-state index < -0.39 is 0 Å². The van der Waals surface area contributed by atoms with Crippen LogP contribution in [0.3, 0.4) is 0 Å². The molecule has 0 amide bonds. The van der Waals surface area contributed by atoms with Crippen LogP contribution >= 0.6 is 0 Å². The van der Waals surface area contributed by atoms with Crippen molar-refractivity contribution in [2.24, 2.45) is 11.8 Å². The third kappa shape index (κ3) is 5.11. The van der Waals surface area contributed by atoms with Gasteiger partial charge in [-0.1, -0.05) is 38.8 Å². The van der Waals surface area contributed by atoms with Crippen LogP contribution < -0.4 is 0 Å². The van der Waals surface area contributed by atoms with E-state index in [9.17, 15) is 4.79 Å². The topological polar surface area (TPSA) is 17.1 Å². The summed E-state index contributed by atoms with van der Waals surface area (Å²) in [6, 6.07) is 0. The molecule has 0 aromatic heterocycles. The zero-order chi connectivity index (χ0) is 9.56. The van der Waals surface area contributed by atoms with Gasteiger partial charge < -0.3 is 4.79 Å². The van der Waals surface area contributed by atoms with E-state index in [1.807, 2.05) is 6.92 Å². The highest BCUT2D eigenvalue weighted by Gasteiger charge is 2.07. The Balaban J connectivity index is 3.59. The molecule has 0 aliphatic carbocycles. The van der Waals surface area contributed by atoms with E-state index in [1.54, 1.807) is 0 Å². The van der Waals surface area contributed by atoms with Gasteiger partial charge >= 0.3 is 0 Å². The fourth-order valence-electron chi connectivity index (χ4n) is 1.18. The molecule has 12 heavy (non-hydrogen) atoms. The van der Waals surface area contributed by atoms with Crippen molar-refractivity contribution in [3.05, 3.63) is 12.2 Å². The maximum atomic E-state index is 10.6. The zero-order valence-corrected chi connectivity index (χ0v) is 8.47. The van der Waals surface area contributed by atoms with Crippen LogP contribution in [0.2, 0.25) is 0 Å². The zero-order valence-electron chi connectivity index (χ0n) is 8.47. The number of carbonyl (C=O) groups is 1. The minimum absolute atomic E-state index is 0.0868. The van der Waals surface area contributed by atoms with Crippen LogP contribution in [0.25, 0.3) is 0 Å². The molecule has 0 N–H and O–H groups in total. The maximum Gasteiger partial charge on any atom is 0.127 e. The molecule has 0 aromatic rings. The van der Waals surface area contributed by atoms with Crippen LogP contribution in [0.15, 0.2) is 12.2 Å². The van der Waals surface area contributed by atoms with Gasteiger partial charge in [0.05, 0.1) is 0 Å². The molecule has 0 aliphatic rings. The van der Waals surface area contributed by atoms with Crippen molar-refractivity contribution in [1.29, 1.82) is 0 Å². The molecule has 1 atom stereocenters. The lowest BCUT2D eigenvalue weighted by Gasteiger charge is -2.10. The number of rotatable bonds is 6. The van der Waals surface area contributed by atoms with E-state index >= 15 is 0 Å². The van der Waals surface area contributed by atoms with E-state index in [0.29, 0.717) is 0 Å². The number of hydrogen-bond donors (Lipinski definition) is 0. The summed E-state index contributed by atoms with van der Waals surface area (Å²) in [5.74, 6) is 0.825. The molecule has 0 fully saturated rings. The molecule has 0 bridgehead atoms. The van der Waals surface area contributed by atoms with Gasteiger partial charge in [-0.05, 0) is 19.3 Å². The van der Waals surface area contributed by atoms with E-state index in [0.717, 1.165) is 30.6 Å². The molecular weight excluding hydrogens is 148 g/mol. The van der Waals surface area contributed by atoms with Crippen molar-refractivity contribution in [3.8, 4) is 0 Å². The van der Waals surface area contributed by atoms with Crippen LogP contribution in [-0.2, 0) is 4.79 Å². The van der Waals surface area contributed by atoms with E-state index in [-0.39, 0.29) is 5.92 Å². The molecule has 0 heterocycles. The number of allylic oxidation sites excluding steroid dienone is 1. The van der Waals surface area contributed by atoms with Gasteiger partial charge in [-0.25, -0.2) is 0 Å². The summed E-state index contributed by atoms with van der Waals surface area (Å²) in [5.41, 5.74) is 0.994. The first-order chi connectivity index (χ1) is 5.57. The van der Waals surface area contributed by atoms with Crippen molar-refractivity contribution in [2.45, 2.75) is 40.0 Å². The van der Waals surface area contributed by atoms with Crippen LogP contribution in [0.4, 0.5) is 0 Å². The predicted octanol–water partition coefficient (Wildman–Crippen LogP) is 3.20. The van der Waals surface area contributed by atoms with Gasteiger partial charge in [-0.2, -0.15) is 0 Å². The summed E-state index contributed by atoms with van der Waals surface area (Å²) in [6.07, 6.45) is 4.32. The Morgan fingerprint density at radius 1 is 1.42 bits per heavy atom. The van der Waals surface area contributed by atoms with Crippen LogP contribution in [0, 0.1) is 11.8 Å². The SMILES string of the molecule is C=C(C)C(C=O)CCCC(C)C. The average Bonchev–Trinajstić information content (AvgIpc) is 1.96. The van der Waals surface area contributed by atoms with Crippen molar-refractivity contribution >= 4 is 6.29 Å². The molecule has 0 saturated heterocycles. The molecule has 0 radical (unpaired) electrons. The maximum absolute atomic E-state index is 10.6. The Bertz CT molecular complexity index is 147. The largest absolute Gasteiger partial charge is 0.303 e. The van der Waals surface area contributed by atoms with Crippen molar-refractivity contribution in [2.75, 3.05) is 0 Å². The van der Waals surface area contributed by atoms with Gasteiger partial charge in [-0.3, -0.25) is 0 Å². The normalized spacial score (nSPS) is 13.0. The van der Waals surface area contributed by atoms with Gasteiger partial charge in [0.1, 0.15) is 6.29 Å². The molecule has 1 unspecified atom stereocenters. The second-order valence-electron chi connectivity index (χ2n) is 3.91. The number of aldehydes is 1. The lowest BCUT2D eigenvalue weighted by Crippen LogP contribution is -2.03. The Labute approximate surface area is 75.9 Å². The van der Waals surface area contributed by atoms with Gasteiger partial charge in [0.2, 0.25) is 0 Å². The molecular formula is C11H20O. The minimum atomic E-state index is 0.0868. The molecule has 1 heteroatoms. The fourth-order valence-corrected chi connectivity index (χ4v) is 1.18. The second-order valence-corrected chi connectivity index (χ2v) is 3.91. The summed E-state index contributed by atoms with van der Waals surface area (Å²) in [6.45, 7) is 10.1. The van der Waals surface area contributed by atoms with E-state index in [4.69, 9.17) is 0 Å². The Morgan fingerprint density at radius 3 is 2.33 bits per heavy atom. The van der Waals surface area contributed by atoms with Crippen LogP contribution in [0.1, 0.15) is 40.0 Å². The van der Waals surface area contributed by atoms with Gasteiger partial charge in [0.15, 0.2) is 0 Å². The predicted molar refractivity (Wildman–Crippen MR) is 53.1 cm³/mol. The Kier molecular flexibility index (Phi) is 5.69. The monoisotopic (exact) mass is 168 g/mol. The molecule has 1 nitrogen and oxygen atoms in total. The average molecular weight is 168 g/mol. The number of hydrogen-bond acceptors (Lipinski definition) is 1. The highest BCUT2D eigenvalue weighted by molar-refractivity contribution is 5.57. The number of carbonyl (C=O) groups excluding carboxylic acids is 1. The molecule has 0 aliphatic heterocycles. The second kappa shape index (κ2) is 5.99. The van der Waals surface area contributed by atoms with E-state index in [2.05, 4.69) is 20.4 Å². The van der Waals surface area contributed by atoms with Crippen molar-refractivity contribution in [1.82, 2.24) is 0 Å². The standard InChI is InChI=1S/C11H20O/c1-9(2)6-5-7-11(8-12)10(3)4/h8-9,11H,3,5-7H2,1-2,4H3. The molecule has 0 saturated carbocycles. The van der Waals surface area contributed by atoms with Crippen molar-refractivity contribution < 1.29 is 4.79 Å². The highest BCUT2D eigenvalue weighted by atomic mass is 16.1. The van der Waals surface area contributed by atoms with Crippen LogP contribution in [0.5, 0.6) is 0 Å². The molecule has 70 valence electrons. The van der Waals surface area contributed by atoms with Crippen molar-refractivity contribution in [3.63, 3.8) is 0 Å². The quantitative estimate of drug-likeness (QED) is 0.439. The third-order valence-electron chi connectivity index (χ3n) is 2.09. The Hall–Kier alpha value is -0.590. The first kappa shape index (κ1) is 11.4. The third-order valence-corrected chi connectivity index (χ3v) is 2.09. The van der Waals surface area contributed by atoms with Crippen LogP contribution in [-0.4, -0.2) is 6.29 Å². The summed E-state index contributed by atoms with van der Waals surface area (Å²) in [5, 5.41) is 0. The summed E-state index contributed by atoms with van der Waals surface area (Å²) in [4.78, 5) is 10.6.